The van der Waals surface area contributed by atoms with Crippen LogP contribution in [0.1, 0.15) is 0 Å². The van der Waals surface area contributed by atoms with Crippen LogP contribution in [-0.4, -0.2) is 95.6 Å². The largest absolute Gasteiger partial charge is 0.468 e. The number of esters is 1. The minimum atomic E-state index is -0.269. The lowest BCUT2D eigenvalue weighted by Crippen LogP contribution is -2.52. The lowest BCUT2D eigenvalue weighted by Gasteiger charge is -2.36. The first-order valence-corrected chi connectivity index (χ1v) is 9.44. The summed E-state index contributed by atoms with van der Waals surface area (Å²) in [5.74, 6) is 1.34. The minimum absolute atomic E-state index is 0.0821. The van der Waals surface area contributed by atoms with Crippen molar-refractivity contribution >= 4 is 29.6 Å². The predicted octanol–water partition coefficient (Wildman–Crippen LogP) is -0.284. The molecule has 0 saturated carbocycles. The van der Waals surface area contributed by atoms with Crippen LogP contribution in [0.25, 0.3) is 0 Å². The van der Waals surface area contributed by atoms with Crippen molar-refractivity contribution < 1.29 is 14.3 Å². The van der Waals surface area contributed by atoms with E-state index in [1.165, 1.54) is 7.11 Å². The Hall–Kier alpha value is -1.87. The molecular weight excluding hydrogens is 342 g/mol. The van der Waals surface area contributed by atoms with Gasteiger partial charge in [0.1, 0.15) is 5.25 Å². The molecular formula is C16H23N5O3S. The number of amides is 1. The van der Waals surface area contributed by atoms with Crippen molar-refractivity contribution in [3.63, 3.8) is 0 Å². The molecule has 0 radical (unpaired) electrons. The maximum absolute atomic E-state index is 12.6. The van der Waals surface area contributed by atoms with Gasteiger partial charge in [-0.05, 0) is 6.07 Å². The molecule has 0 aromatic carbocycles. The van der Waals surface area contributed by atoms with Crippen LogP contribution in [0, 0.1) is 0 Å². The molecule has 0 N–H and O–H groups in total. The van der Waals surface area contributed by atoms with Gasteiger partial charge in [-0.2, -0.15) is 0 Å². The van der Waals surface area contributed by atoms with Gasteiger partial charge >= 0.3 is 5.97 Å². The van der Waals surface area contributed by atoms with Crippen molar-refractivity contribution in [2.24, 2.45) is 0 Å². The molecule has 2 fully saturated rings. The summed E-state index contributed by atoms with van der Waals surface area (Å²) >= 11 is 1.56. The van der Waals surface area contributed by atoms with Gasteiger partial charge in [0, 0.05) is 57.4 Å². The van der Waals surface area contributed by atoms with Crippen LogP contribution >= 0.6 is 11.8 Å². The molecule has 1 aromatic rings. The smallest absolute Gasteiger partial charge is 0.320 e. The Balaban J connectivity index is 1.47. The number of ether oxygens (including phenoxy) is 1. The zero-order valence-corrected chi connectivity index (χ0v) is 15.2. The Morgan fingerprint density at radius 3 is 2.60 bits per heavy atom. The summed E-state index contributed by atoms with van der Waals surface area (Å²) in [4.78, 5) is 38.8. The first kappa shape index (κ1) is 17.9. The lowest BCUT2D eigenvalue weighted by atomic mass is 10.3. The number of methoxy groups -OCH3 is 1. The van der Waals surface area contributed by atoms with Gasteiger partial charge in [0.05, 0.1) is 13.7 Å². The maximum Gasteiger partial charge on any atom is 0.320 e. The Bertz CT molecular complexity index is 595. The van der Waals surface area contributed by atoms with Crippen molar-refractivity contribution in [3.8, 4) is 0 Å². The highest BCUT2D eigenvalue weighted by Crippen LogP contribution is 2.20. The second kappa shape index (κ2) is 8.48. The molecule has 1 atom stereocenters. The van der Waals surface area contributed by atoms with Crippen molar-refractivity contribution in [2.75, 3.05) is 63.6 Å². The summed E-state index contributed by atoms with van der Waals surface area (Å²) in [6, 6.07) is 1.80. The first-order valence-electron chi connectivity index (χ1n) is 8.39. The zero-order chi connectivity index (χ0) is 17.6. The molecule has 1 aromatic heterocycles. The van der Waals surface area contributed by atoms with Crippen LogP contribution < -0.4 is 4.90 Å². The van der Waals surface area contributed by atoms with Crippen LogP contribution in [0.3, 0.4) is 0 Å². The fourth-order valence-electron chi connectivity index (χ4n) is 3.00. The summed E-state index contributed by atoms with van der Waals surface area (Å²) in [5.41, 5.74) is 0. The predicted molar refractivity (Wildman–Crippen MR) is 95.5 cm³/mol. The number of aromatic nitrogens is 2. The van der Waals surface area contributed by atoms with E-state index in [-0.39, 0.29) is 17.1 Å². The van der Waals surface area contributed by atoms with E-state index >= 15 is 0 Å². The minimum Gasteiger partial charge on any atom is -0.468 e. The Morgan fingerprint density at radius 2 is 1.92 bits per heavy atom. The number of rotatable bonds is 4. The fraction of sp³-hybridized carbons (Fsp3) is 0.625. The second-order valence-corrected chi connectivity index (χ2v) is 7.34. The van der Waals surface area contributed by atoms with E-state index in [0.29, 0.717) is 19.6 Å². The summed E-state index contributed by atoms with van der Waals surface area (Å²) in [6.07, 6.45) is 3.48. The van der Waals surface area contributed by atoms with Crippen LogP contribution in [0.5, 0.6) is 0 Å². The fourth-order valence-corrected chi connectivity index (χ4v) is 4.13. The van der Waals surface area contributed by atoms with E-state index in [0.717, 1.165) is 37.9 Å². The molecule has 0 aliphatic carbocycles. The van der Waals surface area contributed by atoms with Gasteiger partial charge in [0.15, 0.2) is 0 Å². The third kappa shape index (κ3) is 4.60. The van der Waals surface area contributed by atoms with Gasteiger partial charge in [-0.15, -0.1) is 11.8 Å². The van der Waals surface area contributed by atoms with Crippen LogP contribution in [0.2, 0.25) is 0 Å². The van der Waals surface area contributed by atoms with E-state index in [4.69, 9.17) is 4.74 Å². The van der Waals surface area contributed by atoms with Gasteiger partial charge in [-0.1, -0.05) is 0 Å². The standard InChI is InChI=1S/C16H23N5O3S/c1-24-15(23)13-11-21(9-10-25-13)14(22)12-19-5-7-20(8-6-19)16-17-3-2-4-18-16/h2-4,13H,5-12H2,1H3/t13-/m0/s1. The Labute approximate surface area is 151 Å². The number of anilines is 1. The molecule has 2 aliphatic heterocycles. The number of carbonyl (C=O) groups excluding carboxylic acids is 2. The molecule has 1 amide bonds. The number of thioether (sulfide) groups is 1. The molecule has 3 heterocycles. The van der Waals surface area contributed by atoms with Gasteiger partial charge in [-0.25, -0.2) is 9.97 Å². The van der Waals surface area contributed by atoms with E-state index in [2.05, 4.69) is 19.8 Å². The number of hydrogen-bond donors (Lipinski definition) is 0. The summed E-state index contributed by atoms with van der Waals surface area (Å²) in [5, 5.41) is -0.269. The van der Waals surface area contributed by atoms with E-state index in [9.17, 15) is 9.59 Å². The SMILES string of the molecule is COC(=O)[C@@H]1CN(C(=O)CN2CCN(c3ncccn3)CC2)CCS1. The monoisotopic (exact) mass is 365 g/mol. The quantitative estimate of drug-likeness (QED) is 0.674. The highest BCUT2D eigenvalue weighted by molar-refractivity contribution is 8.00. The van der Waals surface area contributed by atoms with E-state index < -0.39 is 0 Å². The average Bonchev–Trinajstić information content (AvgIpc) is 2.68. The van der Waals surface area contributed by atoms with E-state index in [1.54, 1.807) is 35.1 Å². The summed E-state index contributed by atoms with van der Waals surface area (Å²) < 4.78 is 4.80. The molecule has 2 aliphatic rings. The Kier molecular flexibility index (Phi) is 6.09. The third-order valence-corrected chi connectivity index (χ3v) is 5.61. The van der Waals surface area contributed by atoms with Crippen LogP contribution in [-0.2, 0) is 14.3 Å². The molecule has 3 rings (SSSR count). The second-order valence-electron chi connectivity index (χ2n) is 6.03. The number of nitrogens with zero attached hydrogens (tertiary/aromatic N) is 5. The van der Waals surface area contributed by atoms with Gasteiger partial charge in [-0.3, -0.25) is 14.5 Å². The van der Waals surface area contributed by atoms with Gasteiger partial charge in [0.2, 0.25) is 11.9 Å². The lowest BCUT2D eigenvalue weighted by molar-refractivity contribution is -0.141. The highest BCUT2D eigenvalue weighted by atomic mass is 32.2. The molecule has 2 saturated heterocycles. The van der Waals surface area contributed by atoms with Crippen LogP contribution in [0.15, 0.2) is 18.5 Å². The molecule has 0 unspecified atom stereocenters. The van der Waals surface area contributed by atoms with Crippen molar-refractivity contribution in [2.45, 2.75) is 5.25 Å². The number of carbonyl (C=O) groups is 2. The highest BCUT2D eigenvalue weighted by Gasteiger charge is 2.30. The maximum atomic E-state index is 12.6. The van der Waals surface area contributed by atoms with Crippen molar-refractivity contribution in [3.05, 3.63) is 18.5 Å². The molecule has 25 heavy (non-hydrogen) atoms. The topological polar surface area (TPSA) is 78.9 Å². The van der Waals surface area contributed by atoms with Crippen molar-refractivity contribution in [1.29, 1.82) is 0 Å². The van der Waals surface area contributed by atoms with Crippen molar-refractivity contribution in [1.82, 2.24) is 19.8 Å². The normalized spacial score (nSPS) is 21.9. The Morgan fingerprint density at radius 1 is 1.20 bits per heavy atom. The molecule has 8 nitrogen and oxygen atoms in total. The van der Waals surface area contributed by atoms with Crippen LogP contribution in [0.4, 0.5) is 5.95 Å². The van der Waals surface area contributed by atoms with Gasteiger partial charge < -0.3 is 14.5 Å². The van der Waals surface area contributed by atoms with Gasteiger partial charge in [0.25, 0.3) is 0 Å². The molecule has 0 bridgehead atoms. The number of piperazine rings is 1. The molecule has 9 heteroatoms. The average molecular weight is 365 g/mol. The first-order chi connectivity index (χ1) is 12.2. The zero-order valence-electron chi connectivity index (χ0n) is 14.3. The summed E-state index contributed by atoms with van der Waals surface area (Å²) in [7, 11) is 1.39. The van der Waals surface area contributed by atoms with E-state index in [1.807, 2.05) is 0 Å². The third-order valence-electron chi connectivity index (χ3n) is 4.45. The summed E-state index contributed by atoms with van der Waals surface area (Å²) in [6.45, 7) is 4.72. The molecule has 136 valence electrons. The molecule has 0 spiro atoms. The number of hydrogen-bond acceptors (Lipinski definition) is 8.